The Bertz CT molecular complexity index is 1390. The van der Waals surface area contributed by atoms with Crippen molar-refractivity contribution in [2.45, 2.75) is 27.2 Å². The predicted octanol–water partition coefficient (Wildman–Crippen LogP) is 6.59. The van der Waals surface area contributed by atoms with Gasteiger partial charge in [-0.2, -0.15) is 0 Å². The SMILES string of the molecule is CCc1cccc(C)c1NC(=O)c1c(-c2ccccc2)n(-c2cccc(Cl)c2)c(C)cc1=O. The first kappa shape index (κ1) is 22.6. The molecular formula is C28H25ClN2O2. The van der Waals surface area contributed by atoms with Gasteiger partial charge in [0.1, 0.15) is 5.56 Å². The highest BCUT2D eigenvalue weighted by molar-refractivity contribution is 6.30. The van der Waals surface area contributed by atoms with E-state index in [2.05, 4.69) is 5.32 Å². The van der Waals surface area contributed by atoms with Crippen LogP contribution < -0.4 is 10.7 Å². The molecule has 0 aliphatic heterocycles. The van der Waals surface area contributed by atoms with E-state index >= 15 is 0 Å². The number of carbonyl (C=O) groups excluding carboxylic acids is 1. The predicted molar refractivity (Wildman–Crippen MR) is 136 cm³/mol. The van der Waals surface area contributed by atoms with Gasteiger partial charge in [-0.25, -0.2) is 0 Å². The summed E-state index contributed by atoms with van der Waals surface area (Å²) in [6.45, 7) is 5.84. The van der Waals surface area contributed by atoms with Gasteiger partial charge in [0.2, 0.25) is 0 Å². The Morgan fingerprint density at radius 2 is 1.67 bits per heavy atom. The molecule has 4 aromatic rings. The van der Waals surface area contributed by atoms with Crippen LogP contribution in [0.25, 0.3) is 16.9 Å². The highest BCUT2D eigenvalue weighted by Crippen LogP contribution is 2.29. The summed E-state index contributed by atoms with van der Waals surface area (Å²) >= 11 is 6.28. The number of carbonyl (C=O) groups is 1. The second kappa shape index (κ2) is 9.47. The molecule has 166 valence electrons. The summed E-state index contributed by atoms with van der Waals surface area (Å²) in [4.78, 5) is 26.9. The molecule has 4 rings (SSSR count). The van der Waals surface area contributed by atoms with Crippen molar-refractivity contribution in [2.24, 2.45) is 0 Å². The molecule has 0 unspecified atom stereocenters. The molecule has 1 heterocycles. The van der Waals surface area contributed by atoms with Crippen molar-refractivity contribution in [3.63, 3.8) is 0 Å². The normalized spacial score (nSPS) is 10.8. The number of amides is 1. The average molecular weight is 457 g/mol. The summed E-state index contributed by atoms with van der Waals surface area (Å²) < 4.78 is 1.91. The van der Waals surface area contributed by atoms with Crippen LogP contribution in [-0.4, -0.2) is 10.5 Å². The van der Waals surface area contributed by atoms with E-state index in [9.17, 15) is 9.59 Å². The molecule has 1 amide bonds. The molecule has 0 fully saturated rings. The summed E-state index contributed by atoms with van der Waals surface area (Å²) in [5.74, 6) is -0.432. The van der Waals surface area contributed by atoms with Crippen LogP contribution in [0.15, 0.2) is 83.7 Å². The van der Waals surface area contributed by atoms with E-state index < -0.39 is 5.91 Å². The van der Waals surface area contributed by atoms with Crippen LogP contribution >= 0.6 is 11.6 Å². The number of nitrogens with zero attached hydrogens (tertiary/aromatic N) is 1. The summed E-state index contributed by atoms with van der Waals surface area (Å²) in [6.07, 6.45) is 0.767. The highest BCUT2D eigenvalue weighted by atomic mass is 35.5. The van der Waals surface area contributed by atoms with Crippen molar-refractivity contribution < 1.29 is 4.79 Å². The highest BCUT2D eigenvalue weighted by Gasteiger charge is 2.23. The van der Waals surface area contributed by atoms with E-state index in [1.54, 1.807) is 6.07 Å². The Balaban J connectivity index is 1.98. The Morgan fingerprint density at radius 1 is 0.939 bits per heavy atom. The lowest BCUT2D eigenvalue weighted by Gasteiger charge is -2.21. The van der Waals surface area contributed by atoms with Crippen LogP contribution in [-0.2, 0) is 6.42 Å². The molecule has 0 aliphatic carbocycles. The van der Waals surface area contributed by atoms with E-state index in [-0.39, 0.29) is 11.0 Å². The molecular weight excluding hydrogens is 432 g/mol. The molecule has 1 N–H and O–H groups in total. The van der Waals surface area contributed by atoms with E-state index in [0.29, 0.717) is 16.4 Å². The van der Waals surface area contributed by atoms with Gasteiger partial charge in [0.25, 0.3) is 5.91 Å². The standard InChI is InChI=1S/C28H25ClN2O2/c1-4-20-13-8-10-18(2)26(20)30-28(33)25-24(32)16-19(3)31(23-15-9-14-22(29)17-23)27(25)21-11-6-5-7-12-21/h5-17H,4H2,1-3H3,(H,30,33). The van der Waals surface area contributed by atoms with Crippen LogP contribution in [0.4, 0.5) is 5.69 Å². The molecule has 0 atom stereocenters. The fourth-order valence-corrected chi connectivity index (χ4v) is 4.33. The number of anilines is 1. The number of para-hydroxylation sites is 1. The molecule has 3 aromatic carbocycles. The van der Waals surface area contributed by atoms with Gasteiger partial charge in [0.15, 0.2) is 5.43 Å². The largest absolute Gasteiger partial charge is 0.321 e. The van der Waals surface area contributed by atoms with Crippen LogP contribution in [0.5, 0.6) is 0 Å². The van der Waals surface area contributed by atoms with Gasteiger partial charge in [0.05, 0.1) is 5.69 Å². The van der Waals surface area contributed by atoms with Gasteiger partial charge in [0, 0.05) is 28.2 Å². The molecule has 0 saturated heterocycles. The molecule has 0 radical (unpaired) electrons. The van der Waals surface area contributed by atoms with Crippen molar-refractivity contribution in [1.29, 1.82) is 0 Å². The number of rotatable bonds is 5. The van der Waals surface area contributed by atoms with Crippen molar-refractivity contribution in [3.8, 4) is 16.9 Å². The molecule has 0 aliphatic rings. The summed E-state index contributed by atoms with van der Waals surface area (Å²) in [7, 11) is 0. The minimum atomic E-state index is -0.432. The molecule has 0 bridgehead atoms. The fourth-order valence-electron chi connectivity index (χ4n) is 4.15. The number of aryl methyl sites for hydroxylation is 3. The third-order valence-corrected chi connectivity index (χ3v) is 5.95. The van der Waals surface area contributed by atoms with E-state index in [0.717, 1.165) is 34.5 Å². The molecule has 0 spiro atoms. The Labute approximate surface area is 198 Å². The zero-order chi connectivity index (χ0) is 23.5. The van der Waals surface area contributed by atoms with Crippen molar-refractivity contribution in [1.82, 2.24) is 4.57 Å². The number of halogens is 1. The fraction of sp³-hybridized carbons (Fsp3) is 0.143. The first-order chi connectivity index (χ1) is 15.9. The van der Waals surface area contributed by atoms with Gasteiger partial charge < -0.3 is 9.88 Å². The number of hydrogen-bond donors (Lipinski definition) is 1. The Morgan fingerprint density at radius 3 is 2.36 bits per heavy atom. The number of aromatic nitrogens is 1. The summed E-state index contributed by atoms with van der Waals surface area (Å²) in [6, 6.07) is 24.3. The van der Waals surface area contributed by atoms with Crippen LogP contribution in [0.1, 0.15) is 34.1 Å². The van der Waals surface area contributed by atoms with E-state index in [1.807, 2.05) is 92.1 Å². The van der Waals surface area contributed by atoms with Crippen molar-refractivity contribution in [3.05, 3.63) is 116 Å². The lowest BCUT2D eigenvalue weighted by molar-refractivity contribution is 0.102. The minimum Gasteiger partial charge on any atom is -0.321 e. The zero-order valence-corrected chi connectivity index (χ0v) is 19.6. The molecule has 5 heteroatoms. The topological polar surface area (TPSA) is 51.1 Å². The molecule has 33 heavy (non-hydrogen) atoms. The maximum Gasteiger partial charge on any atom is 0.261 e. The monoisotopic (exact) mass is 456 g/mol. The quantitative estimate of drug-likeness (QED) is 0.368. The lowest BCUT2D eigenvalue weighted by Crippen LogP contribution is -2.26. The molecule has 0 saturated carbocycles. The minimum absolute atomic E-state index is 0.0945. The van der Waals surface area contributed by atoms with Gasteiger partial charge >= 0.3 is 0 Å². The number of pyridine rings is 1. The summed E-state index contributed by atoms with van der Waals surface area (Å²) in [5, 5.41) is 3.60. The maximum absolute atomic E-state index is 13.7. The van der Waals surface area contributed by atoms with Gasteiger partial charge in [-0.3, -0.25) is 9.59 Å². The number of nitrogens with one attached hydrogen (secondary N) is 1. The third-order valence-electron chi connectivity index (χ3n) is 5.72. The molecule has 4 nitrogen and oxygen atoms in total. The first-order valence-electron chi connectivity index (χ1n) is 10.9. The van der Waals surface area contributed by atoms with Gasteiger partial charge in [-0.1, -0.05) is 73.1 Å². The summed E-state index contributed by atoms with van der Waals surface area (Å²) in [5.41, 5.74) is 5.28. The van der Waals surface area contributed by atoms with Gasteiger partial charge in [-0.15, -0.1) is 0 Å². The first-order valence-corrected chi connectivity index (χ1v) is 11.3. The average Bonchev–Trinajstić information content (AvgIpc) is 2.80. The zero-order valence-electron chi connectivity index (χ0n) is 18.9. The van der Waals surface area contributed by atoms with Crippen molar-refractivity contribution >= 4 is 23.2 Å². The smallest absolute Gasteiger partial charge is 0.261 e. The number of hydrogen-bond acceptors (Lipinski definition) is 2. The van der Waals surface area contributed by atoms with Crippen molar-refractivity contribution in [2.75, 3.05) is 5.32 Å². The van der Waals surface area contributed by atoms with E-state index in [4.69, 9.17) is 11.6 Å². The maximum atomic E-state index is 13.7. The van der Waals surface area contributed by atoms with E-state index in [1.165, 1.54) is 6.07 Å². The third kappa shape index (κ3) is 4.48. The van der Waals surface area contributed by atoms with Crippen LogP contribution in [0.3, 0.4) is 0 Å². The lowest BCUT2D eigenvalue weighted by atomic mass is 10.0. The number of benzene rings is 3. The second-order valence-electron chi connectivity index (χ2n) is 7.97. The Hall–Kier alpha value is -3.63. The second-order valence-corrected chi connectivity index (χ2v) is 8.41. The Kier molecular flexibility index (Phi) is 6.47. The molecule has 1 aromatic heterocycles. The van der Waals surface area contributed by atoms with Gasteiger partial charge in [-0.05, 0) is 55.2 Å². The van der Waals surface area contributed by atoms with Crippen LogP contribution in [0, 0.1) is 13.8 Å². The van der Waals surface area contributed by atoms with Crippen LogP contribution in [0.2, 0.25) is 5.02 Å².